The third-order valence-electron chi connectivity index (χ3n) is 6.55. The molecule has 2 aromatic heterocycles. The molecule has 0 amide bonds. The molecular weight excluding hydrogens is 454 g/mol. The number of nitrogens with zero attached hydrogens (tertiary/aromatic N) is 3. The van der Waals surface area contributed by atoms with E-state index in [9.17, 15) is 0 Å². The highest BCUT2D eigenvalue weighted by Crippen LogP contribution is 2.24. The highest BCUT2D eigenvalue weighted by molar-refractivity contribution is 7.12. The maximum atomic E-state index is 8.37. The van der Waals surface area contributed by atoms with Crippen molar-refractivity contribution in [2.75, 3.05) is 31.6 Å². The molecule has 0 bridgehead atoms. The molecule has 0 saturated carbocycles. The van der Waals surface area contributed by atoms with Gasteiger partial charge in [0.15, 0.2) is 0 Å². The van der Waals surface area contributed by atoms with Crippen LogP contribution in [0, 0.1) is 5.41 Å². The molecule has 35 heavy (non-hydrogen) atoms. The molecule has 0 spiro atoms. The lowest BCUT2D eigenvalue weighted by molar-refractivity contribution is 0.221. The van der Waals surface area contributed by atoms with E-state index in [1.54, 1.807) is 11.3 Å². The Morgan fingerprint density at radius 2 is 1.89 bits per heavy atom. The summed E-state index contributed by atoms with van der Waals surface area (Å²) < 4.78 is 7.99. The zero-order valence-corrected chi connectivity index (χ0v) is 21.1. The van der Waals surface area contributed by atoms with Crippen LogP contribution in [0.3, 0.4) is 0 Å². The molecule has 0 radical (unpaired) electrons. The van der Waals surface area contributed by atoms with Crippen molar-refractivity contribution in [2.24, 2.45) is 0 Å². The number of nitrogens with one attached hydrogen (secondary N) is 2. The largest absolute Gasteiger partial charge is 0.494 e. The number of imidazole rings is 1. The molecule has 182 valence electrons. The topological polar surface area (TPSA) is 66.2 Å². The Kier molecular flexibility index (Phi) is 7.45. The summed E-state index contributed by atoms with van der Waals surface area (Å²) in [6, 6.07) is 18.5. The standard InChI is InChI=1S/C28H33N5OS/c1-2-34-23-11-8-21(9-12-23)19-27-31-24-20-22(30-28(29)26-7-6-18-35-26)10-13-25(24)33(27)17-16-32-14-4-3-5-15-32/h6-13,18,20H,2-5,14-17,19H2,1H3,(H2,29,30). The fraction of sp³-hybridized carbons (Fsp3) is 0.357. The molecule has 5 rings (SSSR count). The van der Waals surface area contributed by atoms with Crippen molar-refractivity contribution in [3.63, 3.8) is 0 Å². The summed E-state index contributed by atoms with van der Waals surface area (Å²) in [6.45, 7) is 7.04. The third-order valence-corrected chi connectivity index (χ3v) is 7.44. The molecule has 4 aromatic rings. The van der Waals surface area contributed by atoms with E-state index in [-0.39, 0.29) is 0 Å². The summed E-state index contributed by atoms with van der Waals surface area (Å²) in [6.07, 6.45) is 4.72. The van der Waals surface area contributed by atoms with Gasteiger partial charge in [0.1, 0.15) is 17.4 Å². The second kappa shape index (κ2) is 11.1. The van der Waals surface area contributed by atoms with Crippen molar-refractivity contribution >= 4 is 33.9 Å². The van der Waals surface area contributed by atoms with Crippen LogP contribution in [0.5, 0.6) is 5.75 Å². The molecule has 2 N–H and O–H groups in total. The van der Waals surface area contributed by atoms with Crippen LogP contribution >= 0.6 is 11.3 Å². The number of hydrogen-bond acceptors (Lipinski definition) is 5. The number of hydrogen-bond donors (Lipinski definition) is 2. The summed E-state index contributed by atoms with van der Waals surface area (Å²) in [7, 11) is 0. The van der Waals surface area contributed by atoms with Gasteiger partial charge in [0.25, 0.3) is 0 Å². The fourth-order valence-electron chi connectivity index (χ4n) is 4.75. The van der Waals surface area contributed by atoms with Gasteiger partial charge in [-0.05, 0) is 80.2 Å². The minimum Gasteiger partial charge on any atom is -0.494 e. The van der Waals surface area contributed by atoms with E-state index >= 15 is 0 Å². The van der Waals surface area contributed by atoms with Crippen molar-refractivity contribution in [2.45, 2.75) is 39.2 Å². The first-order valence-electron chi connectivity index (χ1n) is 12.5. The first kappa shape index (κ1) is 23.6. The Hall–Kier alpha value is -3.16. The van der Waals surface area contributed by atoms with Crippen molar-refractivity contribution in [3.8, 4) is 5.75 Å². The molecule has 1 aliphatic rings. The van der Waals surface area contributed by atoms with Crippen LogP contribution in [0.2, 0.25) is 0 Å². The number of piperidine rings is 1. The SMILES string of the molecule is CCOc1ccc(Cc2nc3cc(NC(=N)c4cccs4)ccc3n2CCN2CCCCC2)cc1. The number of benzene rings is 2. The van der Waals surface area contributed by atoms with Crippen molar-refractivity contribution in [1.82, 2.24) is 14.5 Å². The first-order chi connectivity index (χ1) is 17.2. The lowest BCUT2D eigenvalue weighted by atomic mass is 10.1. The van der Waals surface area contributed by atoms with Crippen LogP contribution in [0.15, 0.2) is 60.0 Å². The van der Waals surface area contributed by atoms with Crippen LogP contribution < -0.4 is 10.1 Å². The number of likely N-dealkylation sites (tertiary alicyclic amines) is 1. The number of aromatic nitrogens is 2. The monoisotopic (exact) mass is 487 g/mol. The maximum Gasteiger partial charge on any atom is 0.140 e. The lowest BCUT2D eigenvalue weighted by Gasteiger charge is -2.26. The molecule has 0 atom stereocenters. The van der Waals surface area contributed by atoms with Gasteiger partial charge in [0.2, 0.25) is 0 Å². The summed E-state index contributed by atoms with van der Waals surface area (Å²) in [5.74, 6) is 2.39. The molecule has 1 aliphatic heterocycles. The predicted molar refractivity (Wildman–Crippen MR) is 145 cm³/mol. The van der Waals surface area contributed by atoms with Crippen LogP contribution in [0.25, 0.3) is 11.0 Å². The molecule has 1 saturated heterocycles. The normalized spacial score (nSPS) is 14.3. The molecule has 3 heterocycles. The third kappa shape index (κ3) is 5.74. The highest BCUT2D eigenvalue weighted by Gasteiger charge is 2.16. The van der Waals surface area contributed by atoms with Gasteiger partial charge in [0.05, 0.1) is 22.5 Å². The predicted octanol–water partition coefficient (Wildman–Crippen LogP) is 6.01. The molecule has 2 aromatic carbocycles. The number of amidine groups is 1. The van der Waals surface area contributed by atoms with Crippen molar-refractivity contribution in [1.29, 1.82) is 5.41 Å². The van der Waals surface area contributed by atoms with E-state index in [2.05, 4.69) is 45.1 Å². The average molecular weight is 488 g/mol. The average Bonchev–Trinajstić information content (AvgIpc) is 3.53. The van der Waals surface area contributed by atoms with E-state index in [1.165, 1.54) is 37.9 Å². The van der Waals surface area contributed by atoms with Crippen LogP contribution in [0.4, 0.5) is 5.69 Å². The summed E-state index contributed by atoms with van der Waals surface area (Å²) in [5.41, 5.74) is 4.23. The van der Waals surface area contributed by atoms with E-state index in [0.29, 0.717) is 12.4 Å². The smallest absolute Gasteiger partial charge is 0.140 e. The number of anilines is 1. The van der Waals surface area contributed by atoms with Gasteiger partial charge in [-0.15, -0.1) is 11.3 Å². The number of thiophene rings is 1. The fourth-order valence-corrected chi connectivity index (χ4v) is 5.38. The van der Waals surface area contributed by atoms with Gasteiger partial charge in [-0.2, -0.15) is 0 Å². The van der Waals surface area contributed by atoms with E-state index in [1.807, 2.05) is 36.6 Å². The second-order valence-corrected chi connectivity index (χ2v) is 9.96. The van der Waals surface area contributed by atoms with E-state index < -0.39 is 0 Å². The number of ether oxygens (including phenoxy) is 1. The number of fused-ring (bicyclic) bond motifs is 1. The Labute approximate surface area is 211 Å². The quantitative estimate of drug-likeness (QED) is 0.224. The Morgan fingerprint density at radius 1 is 1.06 bits per heavy atom. The van der Waals surface area contributed by atoms with Gasteiger partial charge in [-0.3, -0.25) is 5.41 Å². The molecule has 1 fully saturated rings. The van der Waals surface area contributed by atoms with Gasteiger partial charge in [-0.25, -0.2) is 4.98 Å². The summed E-state index contributed by atoms with van der Waals surface area (Å²) in [4.78, 5) is 8.57. The summed E-state index contributed by atoms with van der Waals surface area (Å²) in [5, 5.41) is 13.6. The second-order valence-electron chi connectivity index (χ2n) is 9.02. The minimum atomic E-state index is 0.415. The van der Waals surface area contributed by atoms with E-state index in [4.69, 9.17) is 15.1 Å². The molecule has 7 heteroatoms. The first-order valence-corrected chi connectivity index (χ1v) is 13.4. The van der Waals surface area contributed by atoms with Gasteiger partial charge in [-0.1, -0.05) is 24.6 Å². The number of rotatable bonds is 9. The zero-order chi connectivity index (χ0) is 24.0. The van der Waals surface area contributed by atoms with Gasteiger partial charge >= 0.3 is 0 Å². The van der Waals surface area contributed by atoms with Gasteiger partial charge < -0.3 is 19.5 Å². The molecule has 0 aliphatic carbocycles. The highest BCUT2D eigenvalue weighted by atomic mass is 32.1. The minimum absolute atomic E-state index is 0.415. The molecule has 6 nitrogen and oxygen atoms in total. The summed E-state index contributed by atoms with van der Waals surface area (Å²) >= 11 is 1.57. The van der Waals surface area contributed by atoms with Gasteiger partial charge in [0, 0.05) is 25.2 Å². The zero-order valence-electron chi connectivity index (χ0n) is 20.3. The van der Waals surface area contributed by atoms with Crippen LogP contribution in [-0.4, -0.2) is 46.5 Å². The van der Waals surface area contributed by atoms with E-state index in [0.717, 1.165) is 52.7 Å². The Balaban J connectivity index is 1.40. The van der Waals surface area contributed by atoms with Crippen molar-refractivity contribution in [3.05, 3.63) is 76.2 Å². The Morgan fingerprint density at radius 3 is 2.63 bits per heavy atom. The lowest BCUT2D eigenvalue weighted by Crippen LogP contribution is -2.32. The van der Waals surface area contributed by atoms with Crippen molar-refractivity contribution < 1.29 is 4.74 Å². The Bertz CT molecular complexity index is 1260. The molecular formula is C28H33N5OS. The molecule has 0 unspecified atom stereocenters. The van der Waals surface area contributed by atoms with Crippen LogP contribution in [0.1, 0.15) is 42.5 Å². The maximum absolute atomic E-state index is 8.37. The van der Waals surface area contributed by atoms with Crippen LogP contribution in [-0.2, 0) is 13.0 Å².